The van der Waals surface area contributed by atoms with Crippen molar-refractivity contribution in [2.45, 2.75) is 13.8 Å². The molecule has 0 bridgehead atoms. The third-order valence-corrected chi connectivity index (χ3v) is 7.14. The lowest BCUT2D eigenvalue weighted by atomic mass is 9.93. The van der Waals surface area contributed by atoms with Crippen molar-refractivity contribution in [2.24, 2.45) is 0 Å². The first-order valence-corrected chi connectivity index (χ1v) is 13.9. The SMILES string of the molecule is CC=Cc1ccc(N(C)C)cc1.[C-]#[N+]c1c2ccc(C)cc2c(C#N)c2ccc(C=Cc3ccc(N(C)C)cc3)cc12. The van der Waals surface area contributed by atoms with E-state index in [2.05, 4.69) is 81.4 Å². The average Bonchev–Trinajstić information content (AvgIpc) is 2.99. The molecule has 0 aliphatic heterocycles. The molecule has 5 aromatic carbocycles. The summed E-state index contributed by atoms with van der Waals surface area (Å²) in [5.41, 5.74) is 8.07. The van der Waals surface area contributed by atoms with Gasteiger partial charge in [-0.15, -0.1) is 0 Å². The molecule has 0 amide bonds. The fourth-order valence-electron chi connectivity index (χ4n) is 4.83. The van der Waals surface area contributed by atoms with Gasteiger partial charge in [-0.2, -0.15) is 5.26 Å². The van der Waals surface area contributed by atoms with Gasteiger partial charge in [0, 0.05) is 39.6 Å². The second kappa shape index (κ2) is 13.4. The first-order valence-electron chi connectivity index (χ1n) is 13.9. The number of aryl methyl sites for hydroxylation is 1. The van der Waals surface area contributed by atoms with E-state index in [4.69, 9.17) is 6.57 Å². The number of nitrogens with zero attached hydrogens (tertiary/aromatic N) is 4. The first kappa shape index (κ1) is 29.7. The molecule has 0 aromatic heterocycles. The number of hydrogen-bond donors (Lipinski definition) is 0. The molecule has 5 rings (SSSR count). The van der Waals surface area contributed by atoms with Crippen LogP contribution in [0, 0.1) is 24.8 Å². The minimum atomic E-state index is 0.601. The lowest BCUT2D eigenvalue weighted by Crippen LogP contribution is -2.07. The summed E-state index contributed by atoms with van der Waals surface area (Å²) in [6.07, 6.45) is 8.25. The predicted octanol–water partition coefficient (Wildman–Crippen LogP) is 9.75. The van der Waals surface area contributed by atoms with Crippen LogP contribution < -0.4 is 9.80 Å². The van der Waals surface area contributed by atoms with Crippen LogP contribution in [0.3, 0.4) is 0 Å². The molecule has 0 fully saturated rings. The molecule has 0 radical (unpaired) electrons. The summed E-state index contributed by atoms with van der Waals surface area (Å²) >= 11 is 0. The highest BCUT2D eigenvalue weighted by atomic mass is 15.1. The van der Waals surface area contributed by atoms with E-state index in [9.17, 15) is 5.26 Å². The summed E-state index contributed by atoms with van der Waals surface area (Å²) < 4.78 is 0. The van der Waals surface area contributed by atoms with Crippen molar-refractivity contribution in [3.63, 3.8) is 0 Å². The molecule has 0 aliphatic carbocycles. The van der Waals surface area contributed by atoms with Crippen LogP contribution in [0.4, 0.5) is 17.1 Å². The van der Waals surface area contributed by atoms with Crippen LogP contribution in [0.5, 0.6) is 0 Å². The fourth-order valence-corrected chi connectivity index (χ4v) is 4.83. The van der Waals surface area contributed by atoms with Crippen molar-refractivity contribution < 1.29 is 0 Å². The fraction of sp³-hybridized carbons (Fsp3) is 0.158. The van der Waals surface area contributed by atoms with Crippen LogP contribution in [0.25, 0.3) is 44.6 Å². The highest BCUT2D eigenvalue weighted by molar-refractivity contribution is 6.15. The van der Waals surface area contributed by atoms with Gasteiger partial charge in [-0.05, 0) is 76.3 Å². The first-order chi connectivity index (χ1) is 20.2. The van der Waals surface area contributed by atoms with Crippen molar-refractivity contribution in [2.75, 3.05) is 38.0 Å². The molecule has 0 saturated heterocycles. The molecule has 0 heterocycles. The summed E-state index contributed by atoms with van der Waals surface area (Å²) in [5, 5.41) is 13.2. The van der Waals surface area contributed by atoms with Gasteiger partial charge in [0.25, 0.3) is 0 Å². The summed E-state index contributed by atoms with van der Waals surface area (Å²) in [6, 6.07) is 31.1. The van der Waals surface area contributed by atoms with E-state index in [1.54, 1.807) is 0 Å². The standard InChI is InChI=1S/C27H21N3.C11H15N/c1-18-5-13-23-24(15-18)26(17-28)22-14-10-20(16-25(22)27(23)29-2)7-6-19-8-11-21(12-9-19)30(3)4;1-4-5-10-6-8-11(9-7-10)12(2)3/h5-16H,1,3-4H3;4-9H,1-3H3. The molecule has 42 heavy (non-hydrogen) atoms. The molecular weight excluding hydrogens is 512 g/mol. The maximum absolute atomic E-state index is 9.83. The molecule has 0 saturated carbocycles. The Kier molecular flexibility index (Phi) is 9.43. The quantitative estimate of drug-likeness (QED) is 0.125. The van der Waals surface area contributed by atoms with E-state index in [-0.39, 0.29) is 0 Å². The van der Waals surface area contributed by atoms with Crippen LogP contribution in [-0.2, 0) is 0 Å². The van der Waals surface area contributed by atoms with Crippen molar-refractivity contribution >= 4 is 56.8 Å². The van der Waals surface area contributed by atoms with E-state index in [0.29, 0.717) is 11.3 Å². The molecule has 5 aromatic rings. The zero-order valence-electron chi connectivity index (χ0n) is 25.2. The summed E-state index contributed by atoms with van der Waals surface area (Å²) in [7, 11) is 8.14. The lowest BCUT2D eigenvalue weighted by Gasteiger charge is -2.12. The number of benzene rings is 5. The molecule has 0 atom stereocenters. The normalized spacial score (nSPS) is 10.9. The van der Waals surface area contributed by atoms with Crippen LogP contribution >= 0.6 is 0 Å². The van der Waals surface area contributed by atoms with E-state index >= 15 is 0 Å². The minimum Gasteiger partial charge on any atom is -0.378 e. The van der Waals surface area contributed by atoms with Gasteiger partial charge >= 0.3 is 0 Å². The third-order valence-electron chi connectivity index (χ3n) is 7.14. The number of rotatable bonds is 5. The average molecular weight is 549 g/mol. The molecular formula is C38H36N4. The molecule has 0 unspecified atom stereocenters. The zero-order valence-corrected chi connectivity index (χ0v) is 25.2. The number of allylic oxidation sites excluding steroid dienone is 1. The highest BCUT2D eigenvalue weighted by Crippen LogP contribution is 2.39. The Morgan fingerprint density at radius 1 is 0.643 bits per heavy atom. The van der Waals surface area contributed by atoms with E-state index < -0.39 is 0 Å². The van der Waals surface area contributed by atoms with Gasteiger partial charge in [-0.3, -0.25) is 0 Å². The second-order valence-electron chi connectivity index (χ2n) is 10.6. The van der Waals surface area contributed by atoms with E-state index in [1.807, 2.05) is 90.6 Å². The monoisotopic (exact) mass is 548 g/mol. The van der Waals surface area contributed by atoms with Gasteiger partial charge in [0.15, 0.2) is 0 Å². The Bertz CT molecular complexity index is 1840. The largest absolute Gasteiger partial charge is 0.378 e. The Labute approximate surface area is 249 Å². The van der Waals surface area contributed by atoms with Gasteiger partial charge in [0.1, 0.15) is 6.07 Å². The van der Waals surface area contributed by atoms with Crippen molar-refractivity contribution in [1.82, 2.24) is 0 Å². The number of nitriles is 1. The summed E-state index contributed by atoms with van der Waals surface area (Å²) in [5.74, 6) is 0. The Morgan fingerprint density at radius 3 is 1.69 bits per heavy atom. The van der Waals surface area contributed by atoms with E-state index in [0.717, 1.165) is 43.9 Å². The van der Waals surface area contributed by atoms with Gasteiger partial charge in [-0.1, -0.05) is 90.5 Å². The maximum Gasteiger partial charge on any atom is 0.202 e. The van der Waals surface area contributed by atoms with Crippen LogP contribution in [0.2, 0.25) is 0 Å². The topological polar surface area (TPSA) is 34.6 Å². The number of anilines is 2. The minimum absolute atomic E-state index is 0.601. The zero-order chi connectivity index (χ0) is 30.2. The van der Waals surface area contributed by atoms with E-state index in [1.165, 1.54) is 11.3 Å². The van der Waals surface area contributed by atoms with Gasteiger partial charge in [0.2, 0.25) is 5.69 Å². The summed E-state index contributed by atoms with van der Waals surface area (Å²) in [4.78, 5) is 8.00. The highest BCUT2D eigenvalue weighted by Gasteiger charge is 2.14. The van der Waals surface area contributed by atoms with Crippen LogP contribution in [0.1, 0.15) is 34.7 Å². The Balaban J connectivity index is 0.000000283. The van der Waals surface area contributed by atoms with Crippen molar-refractivity contribution in [3.8, 4) is 6.07 Å². The lowest BCUT2D eigenvalue weighted by molar-refractivity contribution is 1.13. The summed E-state index contributed by atoms with van der Waals surface area (Å²) in [6.45, 7) is 11.8. The van der Waals surface area contributed by atoms with Crippen LogP contribution in [-0.4, -0.2) is 28.2 Å². The van der Waals surface area contributed by atoms with Gasteiger partial charge < -0.3 is 9.80 Å². The van der Waals surface area contributed by atoms with Gasteiger partial charge in [-0.25, -0.2) is 4.85 Å². The second-order valence-corrected chi connectivity index (χ2v) is 10.6. The van der Waals surface area contributed by atoms with Crippen molar-refractivity contribution in [1.29, 1.82) is 5.26 Å². The Hall–Kier alpha value is -5.32. The Morgan fingerprint density at radius 2 is 1.17 bits per heavy atom. The molecule has 4 nitrogen and oxygen atoms in total. The number of fused-ring (bicyclic) bond motifs is 2. The molecule has 0 spiro atoms. The molecule has 4 heteroatoms. The molecule has 208 valence electrons. The molecule has 0 aliphatic rings. The third kappa shape index (κ3) is 6.69. The smallest absolute Gasteiger partial charge is 0.202 e. The van der Waals surface area contributed by atoms with Crippen molar-refractivity contribution in [3.05, 3.63) is 130 Å². The number of hydrogen-bond acceptors (Lipinski definition) is 3. The molecule has 0 N–H and O–H groups in total. The maximum atomic E-state index is 9.83. The van der Waals surface area contributed by atoms with Gasteiger partial charge in [0.05, 0.1) is 12.1 Å². The van der Waals surface area contributed by atoms with Crippen LogP contribution in [0.15, 0.2) is 91.0 Å². The predicted molar refractivity (Wildman–Crippen MR) is 182 cm³/mol.